The van der Waals surface area contributed by atoms with Crippen molar-refractivity contribution in [2.24, 2.45) is 0 Å². The van der Waals surface area contributed by atoms with Gasteiger partial charge in [0.2, 0.25) is 11.0 Å². The van der Waals surface area contributed by atoms with Crippen LogP contribution in [0.3, 0.4) is 0 Å². The van der Waals surface area contributed by atoms with E-state index in [0.717, 1.165) is 11.1 Å². The molecule has 8 heteroatoms. The third-order valence-electron chi connectivity index (χ3n) is 3.45. The van der Waals surface area contributed by atoms with E-state index in [-0.39, 0.29) is 16.7 Å². The van der Waals surface area contributed by atoms with E-state index < -0.39 is 10.0 Å². The molecule has 0 bridgehead atoms. The fourth-order valence-corrected chi connectivity index (χ4v) is 3.26. The molecule has 0 aliphatic heterocycles. The van der Waals surface area contributed by atoms with Crippen LogP contribution >= 0.6 is 0 Å². The van der Waals surface area contributed by atoms with Crippen molar-refractivity contribution < 1.29 is 17.3 Å². The molecule has 3 aromatic rings. The molecule has 0 fully saturated rings. The summed E-state index contributed by atoms with van der Waals surface area (Å²) in [4.78, 5) is 0. The lowest BCUT2D eigenvalue weighted by Gasteiger charge is -2.09. The molecule has 2 heterocycles. The number of aromatic nitrogens is 2. The van der Waals surface area contributed by atoms with E-state index >= 15 is 0 Å². The Bertz CT molecular complexity index is 973. The second-order valence-corrected chi connectivity index (χ2v) is 7.01. The van der Waals surface area contributed by atoms with Crippen molar-refractivity contribution >= 4 is 15.7 Å². The summed E-state index contributed by atoms with van der Waals surface area (Å²) in [6.07, 6.45) is 0.590. The Morgan fingerprint density at radius 3 is 2.54 bits per heavy atom. The monoisotopic (exact) mass is 347 g/mol. The fraction of sp³-hybridized carbons (Fsp3) is 0.250. The van der Waals surface area contributed by atoms with E-state index in [1.54, 1.807) is 6.07 Å². The molecular weight excluding hydrogens is 330 g/mol. The Kier molecular flexibility index (Phi) is 4.15. The summed E-state index contributed by atoms with van der Waals surface area (Å²) in [5.74, 6) is 0.822. The molecule has 3 rings (SSSR count). The number of rotatable bonds is 5. The van der Waals surface area contributed by atoms with Crippen molar-refractivity contribution in [3.63, 3.8) is 0 Å². The Balaban J connectivity index is 1.87. The van der Waals surface area contributed by atoms with Crippen LogP contribution in [0.15, 0.2) is 44.3 Å². The van der Waals surface area contributed by atoms with Gasteiger partial charge in [-0.15, -0.1) is 10.2 Å². The third-order valence-corrected chi connectivity index (χ3v) is 4.69. The number of hydrogen-bond donors (Lipinski definition) is 1. The van der Waals surface area contributed by atoms with Gasteiger partial charge < -0.3 is 8.83 Å². The molecule has 0 atom stereocenters. The Labute approximate surface area is 139 Å². The maximum Gasteiger partial charge on any atom is 0.295 e. The summed E-state index contributed by atoms with van der Waals surface area (Å²) in [7, 11) is -3.84. The molecule has 0 radical (unpaired) electrons. The first kappa shape index (κ1) is 16.3. The number of hydrogen-bond acceptors (Lipinski definition) is 6. The lowest BCUT2D eigenvalue weighted by atomic mass is 10.1. The van der Waals surface area contributed by atoms with E-state index in [0.29, 0.717) is 18.0 Å². The molecule has 0 unspecified atom stereocenters. The molecule has 2 aromatic heterocycles. The molecule has 0 aliphatic rings. The average Bonchev–Trinajstić information content (AvgIpc) is 3.18. The Morgan fingerprint density at radius 1 is 1.08 bits per heavy atom. The van der Waals surface area contributed by atoms with Crippen molar-refractivity contribution in [1.29, 1.82) is 0 Å². The smallest absolute Gasteiger partial charge is 0.295 e. The maximum absolute atomic E-state index is 12.5. The predicted molar refractivity (Wildman–Crippen MR) is 88.1 cm³/mol. The summed E-state index contributed by atoms with van der Waals surface area (Å²) in [6, 6.07) is 8.30. The second-order valence-electron chi connectivity index (χ2n) is 5.40. The van der Waals surface area contributed by atoms with Crippen LogP contribution in [0.25, 0.3) is 11.7 Å². The van der Waals surface area contributed by atoms with Crippen LogP contribution in [-0.2, 0) is 16.4 Å². The molecule has 1 N–H and O–H groups in total. The van der Waals surface area contributed by atoms with Crippen LogP contribution in [0.1, 0.15) is 23.9 Å². The molecule has 0 saturated carbocycles. The van der Waals surface area contributed by atoms with E-state index in [4.69, 9.17) is 8.83 Å². The number of aryl methyl sites for hydroxylation is 3. The van der Waals surface area contributed by atoms with Crippen LogP contribution in [0, 0.1) is 13.8 Å². The minimum atomic E-state index is -3.84. The number of furan rings is 1. The molecule has 1 aromatic carbocycles. The predicted octanol–water partition coefficient (Wildman–Crippen LogP) is 3.31. The first-order valence-electron chi connectivity index (χ1n) is 7.41. The van der Waals surface area contributed by atoms with Crippen molar-refractivity contribution in [2.75, 3.05) is 4.72 Å². The van der Waals surface area contributed by atoms with E-state index in [1.165, 1.54) is 12.1 Å². The highest BCUT2D eigenvalue weighted by molar-refractivity contribution is 7.92. The third kappa shape index (κ3) is 3.18. The highest BCUT2D eigenvalue weighted by Crippen LogP contribution is 2.26. The summed E-state index contributed by atoms with van der Waals surface area (Å²) in [6.45, 7) is 5.66. The van der Waals surface area contributed by atoms with E-state index in [9.17, 15) is 8.42 Å². The van der Waals surface area contributed by atoms with Crippen LogP contribution in [0.4, 0.5) is 5.69 Å². The van der Waals surface area contributed by atoms with Gasteiger partial charge in [-0.05, 0) is 37.6 Å². The highest BCUT2D eigenvalue weighted by Gasteiger charge is 2.22. The summed E-state index contributed by atoms with van der Waals surface area (Å²) >= 11 is 0. The minimum absolute atomic E-state index is 0.153. The molecule has 24 heavy (non-hydrogen) atoms. The van der Waals surface area contributed by atoms with Gasteiger partial charge in [-0.3, -0.25) is 4.72 Å². The molecular formula is C16H17N3O4S. The van der Waals surface area contributed by atoms with Gasteiger partial charge in [-0.2, -0.15) is 8.42 Å². The normalized spacial score (nSPS) is 11.6. The van der Waals surface area contributed by atoms with Gasteiger partial charge in [-0.25, -0.2) is 0 Å². The molecule has 0 amide bonds. The second kappa shape index (κ2) is 6.12. The quantitative estimate of drug-likeness (QED) is 0.760. The van der Waals surface area contributed by atoms with Gasteiger partial charge in [-0.1, -0.05) is 24.6 Å². The van der Waals surface area contributed by atoms with Gasteiger partial charge in [0.1, 0.15) is 0 Å². The zero-order chi connectivity index (χ0) is 17.3. The van der Waals surface area contributed by atoms with Crippen LogP contribution in [0.5, 0.6) is 0 Å². The van der Waals surface area contributed by atoms with Crippen molar-refractivity contribution in [3.05, 3.63) is 47.3 Å². The minimum Gasteiger partial charge on any atom is -0.438 e. The number of benzene rings is 1. The highest BCUT2D eigenvalue weighted by atomic mass is 32.2. The Morgan fingerprint density at radius 2 is 1.88 bits per heavy atom. The van der Waals surface area contributed by atoms with E-state index in [1.807, 2.05) is 32.9 Å². The lowest BCUT2D eigenvalue weighted by molar-refractivity contribution is 0.436. The van der Waals surface area contributed by atoms with Crippen molar-refractivity contribution in [3.8, 4) is 11.7 Å². The standard InChI is InChI=1S/C16H17N3O4S/c1-4-14-17-18-16(23-14)13-7-8-15(22-13)24(20,21)19-12-6-5-10(2)9-11(12)3/h5-9,19H,4H2,1-3H3. The number of nitrogens with one attached hydrogen (secondary N) is 1. The first-order chi connectivity index (χ1) is 11.4. The zero-order valence-corrected chi connectivity index (χ0v) is 14.3. The Hall–Kier alpha value is -2.61. The average molecular weight is 347 g/mol. The molecule has 0 spiro atoms. The SMILES string of the molecule is CCc1nnc(-c2ccc(S(=O)(=O)Nc3ccc(C)cc3C)o2)o1. The largest absolute Gasteiger partial charge is 0.438 e. The number of nitrogens with zero attached hydrogens (tertiary/aromatic N) is 2. The van der Waals surface area contributed by atoms with Crippen LogP contribution in [-0.4, -0.2) is 18.6 Å². The molecule has 7 nitrogen and oxygen atoms in total. The van der Waals surface area contributed by atoms with Gasteiger partial charge in [0.15, 0.2) is 5.76 Å². The van der Waals surface area contributed by atoms with Crippen LogP contribution in [0.2, 0.25) is 0 Å². The zero-order valence-electron chi connectivity index (χ0n) is 13.5. The van der Waals surface area contributed by atoms with Gasteiger partial charge in [0.05, 0.1) is 5.69 Å². The van der Waals surface area contributed by atoms with Gasteiger partial charge in [0.25, 0.3) is 15.9 Å². The van der Waals surface area contributed by atoms with Crippen LogP contribution < -0.4 is 4.72 Å². The fourth-order valence-electron chi connectivity index (χ4n) is 2.20. The number of anilines is 1. The molecule has 0 aliphatic carbocycles. The first-order valence-corrected chi connectivity index (χ1v) is 8.90. The summed E-state index contributed by atoms with van der Waals surface area (Å²) < 4.78 is 38.2. The van der Waals surface area contributed by atoms with Crippen molar-refractivity contribution in [1.82, 2.24) is 10.2 Å². The number of sulfonamides is 1. The lowest BCUT2D eigenvalue weighted by Crippen LogP contribution is -2.13. The topological polar surface area (TPSA) is 98.2 Å². The molecule has 126 valence electrons. The van der Waals surface area contributed by atoms with Crippen molar-refractivity contribution in [2.45, 2.75) is 32.3 Å². The van der Waals surface area contributed by atoms with Gasteiger partial charge >= 0.3 is 0 Å². The van der Waals surface area contributed by atoms with E-state index in [2.05, 4.69) is 14.9 Å². The summed E-state index contributed by atoms with van der Waals surface area (Å²) in [5.41, 5.74) is 2.39. The molecule has 0 saturated heterocycles. The maximum atomic E-state index is 12.5. The van der Waals surface area contributed by atoms with Gasteiger partial charge in [0, 0.05) is 6.42 Å². The summed E-state index contributed by atoms with van der Waals surface area (Å²) in [5, 5.41) is 7.45.